The molecule has 0 saturated carbocycles. The van der Waals surface area contributed by atoms with Crippen molar-refractivity contribution in [1.82, 2.24) is 9.55 Å². The summed E-state index contributed by atoms with van der Waals surface area (Å²) >= 11 is 0. The van der Waals surface area contributed by atoms with Crippen molar-refractivity contribution in [3.63, 3.8) is 0 Å². The number of nitrogens with zero attached hydrogens (tertiary/aromatic N) is 4. The van der Waals surface area contributed by atoms with Gasteiger partial charge in [-0.15, -0.1) is 35.7 Å². The summed E-state index contributed by atoms with van der Waals surface area (Å²) in [6.07, 6.45) is 5.87. The zero-order valence-corrected chi connectivity index (χ0v) is 27.0. The number of rotatable bonds is 4. The van der Waals surface area contributed by atoms with E-state index in [9.17, 15) is 0 Å². The molecule has 0 spiro atoms. The molecule has 4 heterocycles. The molecular weight excluding hydrogens is 728 g/mol. The van der Waals surface area contributed by atoms with Crippen molar-refractivity contribution in [3.05, 3.63) is 120 Å². The van der Waals surface area contributed by atoms with E-state index in [-0.39, 0.29) is 32.5 Å². The van der Waals surface area contributed by atoms with Crippen molar-refractivity contribution in [2.24, 2.45) is 0 Å². The first-order valence-corrected chi connectivity index (χ1v) is 14.5. The van der Waals surface area contributed by atoms with Gasteiger partial charge in [-0.25, -0.2) is 4.98 Å². The average Bonchev–Trinajstić information content (AvgIpc) is 3.70. The molecular formula is C37H29N4O2Pt-3. The van der Waals surface area contributed by atoms with Crippen LogP contribution in [0.3, 0.4) is 0 Å². The first-order valence-electron chi connectivity index (χ1n) is 14.5. The Morgan fingerprint density at radius 1 is 0.864 bits per heavy atom. The fraction of sp³-hybridized carbons (Fsp3) is 0.162. The van der Waals surface area contributed by atoms with E-state index in [4.69, 9.17) is 19.6 Å². The Morgan fingerprint density at radius 3 is 2.45 bits per heavy atom. The number of hydrogen-bond donors (Lipinski definition) is 0. The standard InChI is InChI=1S/C37H29N4O2.Pt/c1-23-16-18-40(39-23)33-22-26(20-30-29-10-6-8-12-34(29)43-36(30)33)42-25-13-14-28-27-9-5-7-11-31(27)41(32(28)21-25)35-19-24(15-17-38-35)37(2,3)4;/h5-20,23H,1-4H3;/q-3;. The molecule has 1 atom stereocenters. The van der Waals surface area contributed by atoms with E-state index in [1.54, 1.807) is 0 Å². The van der Waals surface area contributed by atoms with Gasteiger partial charge in [0.2, 0.25) is 0 Å². The van der Waals surface area contributed by atoms with E-state index in [2.05, 4.69) is 86.0 Å². The van der Waals surface area contributed by atoms with Gasteiger partial charge in [0.1, 0.15) is 11.4 Å². The van der Waals surface area contributed by atoms with Crippen molar-refractivity contribution < 1.29 is 30.2 Å². The fourth-order valence-electron chi connectivity index (χ4n) is 5.85. The van der Waals surface area contributed by atoms with Gasteiger partial charge in [0.15, 0.2) is 0 Å². The molecule has 0 N–H and O–H groups in total. The SMILES string of the molecule is CC1C=CN(c2[c-]c(Oc3[c-]c4c(cc3)c3ccccc3n4-c3cc(C(C)(C)C)ccn3)cc3c2oc2ccccc23)[N-]1.[Pt]. The predicted molar refractivity (Wildman–Crippen MR) is 173 cm³/mol. The second-order valence-corrected chi connectivity index (χ2v) is 12.1. The van der Waals surface area contributed by atoms with Crippen molar-refractivity contribution >= 4 is 49.4 Å². The largest absolute Gasteiger partial charge is 0.559 e. The Hall–Kier alpha value is -4.38. The van der Waals surface area contributed by atoms with E-state index in [1.165, 1.54) is 5.56 Å². The maximum Gasteiger partial charge on any atom is 0.135 e. The summed E-state index contributed by atoms with van der Waals surface area (Å²) in [7, 11) is 0. The summed E-state index contributed by atoms with van der Waals surface area (Å²) in [6, 6.07) is 33.8. The molecule has 7 heteroatoms. The van der Waals surface area contributed by atoms with Gasteiger partial charge in [-0.3, -0.25) is 0 Å². The first-order chi connectivity index (χ1) is 20.8. The smallest absolute Gasteiger partial charge is 0.135 e. The van der Waals surface area contributed by atoms with Crippen molar-refractivity contribution in [2.45, 2.75) is 39.2 Å². The van der Waals surface area contributed by atoms with Gasteiger partial charge in [0, 0.05) is 55.2 Å². The molecule has 0 saturated heterocycles. The number of para-hydroxylation sites is 2. The average molecular weight is 757 g/mol. The zero-order chi connectivity index (χ0) is 29.3. The summed E-state index contributed by atoms with van der Waals surface area (Å²) in [5.41, 5.74) is 10.1. The number of ether oxygens (including phenoxy) is 1. The predicted octanol–water partition coefficient (Wildman–Crippen LogP) is 9.78. The Kier molecular flexibility index (Phi) is 6.88. The molecule has 1 aliphatic rings. The third-order valence-electron chi connectivity index (χ3n) is 8.02. The van der Waals surface area contributed by atoms with Gasteiger partial charge in [-0.2, -0.15) is 6.07 Å². The van der Waals surface area contributed by atoms with Crippen molar-refractivity contribution in [3.8, 4) is 17.3 Å². The van der Waals surface area contributed by atoms with Crippen LogP contribution in [0.15, 0.2) is 102 Å². The quantitative estimate of drug-likeness (QED) is 0.168. The van der Waals surface area contributed by atoms with Gasteiger partial charge < -0.3 is 24.2 Å². The number of hydrogen-bond acceptors (Lipinski definition) is 4. The third kappa shape index (κ3) is 4.70. The van der Waals surface area contributed by atoms with E-state index in [1.807, 2.05) is 60.7 Å². The second-order valence-electron chi connectivity index (χ2n) is 12.1. The number of fused-ring (bicyclic) bond motifs is 6. The maximum absolute atomic E-state index is 6.53. The monoisotopic (exact) mass is 756 g/mol. The minimum Gasteiger partial charge on any atom is -0.559 e. The van der Waals surface area contributed by atoms with Crippen LogP contribution >= 0.6 is 0 Å². The number of aromatic nitrogens is 2. The summed E-state index contributed by atoms with van der Waals surface area (Å²) < 4.78 is 15.0. The molecule has 0 amide bonds. The van der Waals surface area contributed by atoms with E-state index in [0.717, 1.165) is 49.6 Å². The van der Waals surface area contributed by atoms with Crippen LogP contribution in [0, 0.1) is 12.1 Å². The molecule has 0 fully saturated rings. The molecule has 6 nitrogen and oxygen atoms in total. The molecule has 8 rings (SSSR count). The molecule has 0 radical (unpaired) electrons. The van der Waals surface area contributed by atoms with E-state index in [0.29, 0.717) is 17.2 Å². The number of pyridine rings is 1. The van der Waals surface area contributed by atoms with Crippen LogP contribution < -0.4 is 9.75 Å². The summed E-state index contributed by atoms with van der Waals surface area (Å²) in [5.74, 6) is 1.99. The van der Waals surface area contributed by atoms with Gasteiger partial charge in [-0.05, 0) is 52.5 Å². The Balaban J connectivity index is 0.00000312. The second kappa shape index (κ2) is 10.7. The molecule has 222 valence electrons. The first kappa shape index (κ1) is 28.4. The fourth-order valence-corrected chi connectivity index (χ4v) is 5.85. The van der Waals surface area contributed by atoms with Gasteiger partial charge in [-0.1, -0.05) is 81.1 Å². The van der Waals surface area contributed by atoms with Gasteiger partial charge in [0.25, 0.3) is 0 Å². The van der Waals surface area contributed by atoms with Gasteiger partial charge in [0.05, 0.1) is 0 Å². The minimum absolute atomic E-state index is 0. The number of benzene rings is 4. The Morgan fingerprint density at radius 2 is 1.66 bits per heavy atom. The zero-order valence-electron chi connectivity index (χ0n) is 24.7. The summed E-state index contributed by atoms with van der Waals surface area (Å²) in [4.78, 5) is 4.79. The van der Waals surface area contributed by atoms with E-state index < -0.39 is 0 Å². The van der Waals surface area contributed by atoms with Crippen LogP contribution in [0.5, 0.6) is 11.5 Å². The van der Waals surface area contributed by atoms with Crippen LogP contribution in [0.1, 0.15) is 33.3 Å². The molecule has 3 aromatic heterocycles. The molecule has 44 heavy (non-hydrogen) atoms. The summed E-state index contributed by atoms with van der Waals surface area (Å²) in [6.45, 7) is 8.69. The third-order valence-corrected chi connectivity index (χ3v) is 8.02. The molecule has 4 aromatic carbocycles. The minimum atomic E-state index is -0.00745. The Labute approximate surface area is 270 Å². The van der Waals surface area contributed by atoms with Crippen LogP contribution in [0.25, 0.3) is 55.0 Å². The van der Waals surface area contributed by atoms with Crippen LogP contribution in [-0.2, 0) is 26.5 Å². The summed E-state index contributed by atoms with van der Waals surface area (Å²) in [5, 5.41) is 6.00. The van der Waals surface area contributed by atoms with Crippen molar-refractivity contribution in [1.29, 1.82) is 0 Å². The van der Waals surface area contributed by atoms with Gasteiger partial charge >= 0.3 is 0 Å². The normalized spacial score (nSPS) is 15.1. The van der Waals surface area contributed by atoms with Crippen LogP contribution in [0.2, 0.25) is 0 Å². The molecule has 0 aliphatic carbocycles. The van der Waals surface area contributed by atoms with Crippen molar-refractivity contribution in [2.75, 3.05) is 5.01 Å². The van der Waals surface area contributed by atoms with E-state index >= 15 is 0 Å². The topological polar surface area (TPSA) is 57.5 Å². The molecule has 1 unspecified atom stereocenters. The molecule has 0 bridgehead atoms. The number of furan rings is 1. The molecule has 1 aliphatic heterocycles. The Bertz CT molecular complexity index is 2220. The maximum atomic E-state index is 6.53. The van der Waals surface area contributed by atoms with Crippen LogP contribution in [0.4, 0.5) is 5.69 Å². The number of anilines is 1. The molecule has 7 aromatic rings. The van der Waals surface area contributed by atoms with Crippen LogP contribution in [-0.4, -0.2) is 15.6 Å².